The second-order valence-corrected chi connectivity index (χ2v) is 4.28. The highest BCUT2D eigenvalue weighted by atomic mass is 16.5. The van der Waals surface area contributed by atoms with Crippen molar-refractivity contribution >= 4 is 5.91 Å². The molecule has 1 atom stereocenters. The predicted molar refractivity (Wildman–Crippen MR) is 69.8 cm³/mol. The maximum atomic E-state index is 11.8. The summed E-state index contributed by atoms with van der Waals surface area (Å²) >= 11 is 0. The van der Waals surface area contributed by atoms with Crippen LogP contribution in [0.4, 0.5) is 0 Å². The molecule has 0 radical (unpaired) electrons. The SMILES string of the molecule is COc1ccc(C(=O)NCC(C)CCN)c(O)c1. The van der Waals surface area contributed by atoms with Gasteiger partial charge in [-0.2, -0.15) is 0 Å². The van der Waals surface area contributed by atoms with E-state index < -0.39 is 0 Å². The summed E-state index contributed by atoms with van der Waals surface area (Å²) in [5.74, 6) is 0.456. The minimum absolute atomic E-state index is 0.0849. The Labute approximate surface area is 107 Å². The molecular weight excluding hydrogens is 232 g/mol. The average Bonchev–Trinajstić information content (AvgIpc) is 2.36. The number of hydrogen-bond acceptors (Lipinski definition) is 4. The molecule has 1 aromatic carbocycles. The van der Waals surface area contributed by atoms with Crippen LogP contribution in [0, 0.1) is 5.92 Å². The molecule has 1 unspecified atom stereocenters. The fraction of sp³-hybridized carbons (Fsp3) is 0.462. The monoisotopic (exact) mass is 252 g/mol. The number of ether oxygens (including phenoxy) is 1. The Bertz CT molecular complexity index is 407. The van der Waals surface area contributed by atoms with Gasteiger partial charge in [-0.25, -0.2) is 0 Å². The van der Waals surface area contributed by atoms with Crippen LogP contribution in [0.1, 0.15) is 23.7 Å². The number of benzene rings is 1. The summed E-state index contributed by atoms with van der Waals surface area (Å²) in [6.07, 6.45) is 0.856. The van der Waals surface area contributed by atoms with Crippen molar-refractivity contribution in [3.8, 4) is 11.5 Å². The molecule has 0 heterocycles. The van der Waals surface area contributed by atoms with Crippen LogP contribution in [-0.4, -0.2) is 31.2 Å². The molecule has 5 nitrogen and oxygen atoms in total. The lowest BCUT2D eigenvalue weighted by Gasteiger charge is -2.12. The number of rotatable bonds is 6. The summed E-state index contributed by atoms with van der Waals surface area (Å²) in [6, 6.07) is 4.59. The highest BCUT2D eigenvalue weighted by Crippen LogP contribution is 2.23. The Kier molecular flexibility index (Phi) is 5.45. The number of hydrogen-bond donors (Lipinski definition) is 3. The number of carbonyl (C=O) groups is 1. The van der Waals surface area contributed by atoms with Gasteiger partial charge in [0.1, 0.15) is 11.5 Å². The average molecular weight is 252 g/mol. The van der Waals surface area contributed by atoms with Crippen LogP contribution < -0.4 is 15.8 Å². The van der Waals surface area contributed by atoms with Gasteiger partial charge in [0.05, 0.1) is 12.7 Å². The second kappa shape index (κ2) is 6.86. The number of aromatic hydroxyl groups is 1. The van der Waals surface area contributed by atoms with E-state index in [4.69, 9.17) is 10.5 Å². The molecule has 5 heteroatoms. The predicted octanol–water partition coefficient (Wildman–Crippen LogP) is 1.12. The molecule has 1 rings (SSSR count). The zero-order valence-corrected chi connectivity index (χ0v) is 10.8. The molecule has 4 N–H and O–H groups in total. The van der Waals surface area contributed by atoms with Gasteiger partial charge in [0.15, 0.2) is 0 Å². The Balaban J connectivity index is 2.61. The smallest absolute Gasteiger partial charge is 0.255 e. The van der Waals surface area contributed by atoms with Crippen molar-refractivity contribution in [1.29, 1.82) is 0 Å². The summed E-state index contributed by atoms with van der Waals surface area (Å²) in [6.45, 7) is 3.16. The minimum atomic E-state index is -0.293. The highest BCUT2D eigenvalue weighted by molar-refractivity contribution is 5.96. The van der Waals surface area contributed by atoms with Crippen molar-refractivity contribution in [3.63, 3.8) is 0 Å². The molecule has 0 saturated heterocycles. The van der Waals surface area contributed by atoms with E-state index in [1.165, 1.54) is 19.2 Å². The van der Waals surface area contributed by atoms with Crippen molar-refractivity contribution in [2.75, 3.05) is 20.2 Å². The third kappa shape index (κ3) is 3.92. The molecule has 0 aliphatic rings. The van der Waals surface area contributed by atoms with Crippen molar-refractivity contribution < 1.29 is 14.6 Å². The second-order valence-electron chi connectivity index (χ2n) is 4.28. The molecule has 0 spiro atoms. The summed E-state index contributed by atoms with van der Waals surface area (Å²) in [5, 5.41) is 12.5. The van der Waals surface area contributed by atoms with E-state index in [1.54, 1.807) is 6.07 Å². The third-order valence-corrected chi connectivity index (χ3v) is 2.72. The van der Waals surface area contributed by atoms with E-state index in [9.17, 15) is 9.90 Å². The Morgan fingerprint density at radius 1 is 1.56 bits per heavy atom. The molecule has 0 aliphatic heterocycles. The zero-order valence-electron chi connectivity index (χ0n) is 10.8. The van der Waals surface area contributed by atoms with Crippen LogP contribution in [0.5, 0.6) is 11.5 Å². The van der Waals surface area contributed by atoms with Crippen LogP contribution in [0.25, 0.3) is 0 Å². The van der Waals surface area contributed by atoms with Crippen molar-refractivity contribution in [2.45, 2.75) is 13.3 Å². The van der Waals surface area contributed by atoms with Crippen molar-refractivity contribution in [3.05, 3.63) is 23.8 Å². The quantitative estimate of drug-likeness (QED) is 0.708. The molecular formula is C13H20N2O3. The maximum absolute atomic E-state index is 11.8. The fourth-order valence-corrected chi connectivity index (χ4v) is 1.58. The standard InChI is InChI=1S/C13H20N2O3/c1-9(5-6-14)8-15-13(17)11-4-3-10(18-2)7-12(11)16/h3-4,7,9,16H,5-6,8,14H2,1-2H3,(H,15,17). The number of nitrogens with two attached hydrogens (primary N) is 1. The zero-order chi connectivity index (χ0) is 13.5. The topological polar surface area (TPSA) is 84.6 Å². The van der Waals surface area contributed by atoms with Gasteiger partial charge in [-0.1, -0.05) is 6.92 Å². The normalized spacial score (nSPS) is 11.9. The van der Waals surface area contributed by atoms with Gasteiger partial charge in [-0.3, -0.25) is 4.79 Å². The van der Waals surface area contributed by atoms with Crippen molar-refractivity contribution in [2.24, 2.45) is 11.7 Å². The number of amides is 1. The Morgan fingerprint density at radius 3 is 2.83 bits per heavy atom. The van der Waals surface area contributed by atoms with Gasteiger partial charge in [0.2, 0.25) is 0 Å². The largest absolute Gasteiger partial charge is 0.507 e. The van der Waals surface area contributed by atoms with Gasteiger partial charge >= 0.3 is 0 Å². The number of carbonyl (C=O) groups excluding carboxylic acids is 1. The van der Waals surface area contributed by atoms with Gasteiger partial charge in [0.25, 0.3) is 5.91 Å². The highest BCUT2D eigenvalue weighted by Gasteiger charge is 2.12. The number of phenols is 1. The van der Waals surface area contributed by atoms with Crippen molar-refractivity contribution in [1.82, 2.24) is 5.32 Å². The number of nitrogens with one attached hydrogen (secondary N) is 1. The van der Waals surface area contributed by atoms with Gasteiger partial charge < -0.3 is 20.9 Å². The van der Waals surface area contributed by atoms with Crippen LogP contribution in [0.2, 0.25) is 0 Å². The molecule has 0 fully saturated rings. The number of methoxy groups -OCH3 is 1. The molecule has 0 aliphatic carbocycles. The Hall–Kier alpha value is -1.75. The summed E-state index contributed by atoms with van der Waals surface area (Å²) in [4.78, 5) is 11.8. The van der Waals surface area contributed by atoms with E-state index in [1.807, 2.05) is 6.92 Å². The van der Waals surface area contributed by atoms with Crippen LogP contribution in [0.3, 0.4) is 0 Å². The first-order valence-corrected chi connectivity index (χ1v) is 5.93. The molecule has 1 amide bonds. The lowest BCUT2D eigenvalue weighted by atomic mass is 10.1. The van der Waals surface area contributed by atoms with Gasteiger partial charge in [0, 0.05) is 12.6 Å². The van der Waals surface area contributed by atoms with Crippen LogP contribution >= 0.6 is 0 Å². The van der Waals surface area contributed by atoms with E-state index >= 15 is 0 Å². The number of phenolic OH excluding ortho intramolecular Hbond substituents is 1. The van der Waals surface area contributed by atoms with Gasteiger partial charge in [-0.15, -0.1) is 0 Å². The lowest BCUT2D eigenvalue weighted by Crippen LogP contribution is -2.29. The lowest BCUT2D eigenvalue weighted by molar-refractivity contribution is 0.0945. The minimum Gasteiger partial charge on any atom is -0.507 e. The molecule has 0 aromatic heterocycles. The third-order valence-electron chi connectivity index (χ3n) is 2.72. The molecule has 100 valence electrons. The first kappa shape index (κ1) is 14.3. The van der Waals surface area contributed by atoms with E-state index in [0.29, 0.717) is 24.8 Å². The van der Waals surface area contributed by atoms with E-state index in [2.05, 4.69) is 5.32 Å². The molecule has 1 aromatic rings. The first-order chi connectivity index (χ1) is 8.58. The molecule has 0 bridgehead atoms. The van der Waals surface area contributed by atoms with E-state index in [0.717, 1.165) is 6.42 Å². The Morgan fingerprint density at radius 2 is 2.28 bits per heavy atom. The summed E-state index contributed by atoms with van der Waals surface area (Å²) in [5.41, 5.74) is 5.68. The molecule has 0 saturated carbocycles. The maximum Gasteiger partial charge on any atom is 0.255 e. The fourth-order valence-electron chi connectivity index (χ4n) is 1.58. The van der Waals surface area contributed by atoms with Crippen LogP contribution in [0.15, 0.2) is 18.2 Å². The molecule has 18 heavy (non-hydrogen) atoms. The summed E-state index contributed by atoms with van der Waals surface area (Å²) < 4.78 is 4.95. The van der Waals surface area contributed by atoms with Gasteiger partial charge in [-0.05, 0) is 31.0 Å². The summed E-state index contributed by atoms with van der Waals surface area (Å²) in [7, 11) is 1.50. The first-order valence-electron chi connectivity index (χ1n) is 5.93. The van der Waals surface area contributed by atoms with Crippen LogP contribution in [-0.2, 0) is 0 Å². The van der Waals surface area contributed by atoms with E-state index in [-0.39, 0.29) is 17.2 Å².